The van der Waals surface area contributed by atoms with Crippen LogP contribution in [0.4, 0.5) is 0 Å². The van der Waals surface area contributed by atoms with Gasteiger partial charge in [-0.2, -0.15) is 0 Å². The number of halogens is 1. The van der Waals surface area contributed by atoms with Crippen molar-refractivity contribution in [3.63, 3.8) is 0 Å². The van der Waals surface area contributed by atoms with Gasteiger partial charge in [-0.3, -0.25) is 0 Å². The topological polar surface area (TPSA) is 49.3 Å². The van der Waals surface area contributed by atoms with Gasteiger partial charge in [-0.25, -0.2) is 4.79 Å². The zero-order chi connectivity index (χ0) is 13.2. The quantitative estimate of drug-likeness (QED) is 0.646. The molecule has 1 aliphatic rings. The van der Waals surface area contributed by atoms with E-state index in [9.17, 15) is 9.90 Å². The Bertz CT molecular complexity index is 514. The third-order valence-electron chi connectivity index (χ3n) is 3.13. The van der Waals surface area contributed by atoms with Crippen LogP contribution in [0.15, 0.2) is 28.8 Å². The fourth-order valence-corrected chi connectivity index (χ4v) is 3.17. The molecule has 0 aromatic heterocycles. The van der Waals surface area contributed by atoms with Gasteiger partial charge >= 0.3 is 0 Å². The first-order valence-electron chi connectivity index (χ1n) is 5.63. The van der Waals surface area contributed by atoms with Crippen LogP contribution in [0.5, 0.6) is 0 Å². The molecule has 1 fully saturated rings. The number of hydrogen-bond donors (Lipinski definition) is 2. The van der Waals surface area contributed by atoms with Crippen molar-refractivity contribution in [3.8, 4) is 0 Å². The van der Waals surface area contributed by atoms with Crippen LogP contribution in [0.1, 0.15) is 18.4 Å². The van der Waals surface area contributed by atoms with Gasteiger partial charge in [-0.05, 0) is 30.4 Å². The lowest BCUT2D eigenvalue weighted by Crippen LogP contribution is -2.39. The molecule has 5 heteroatoms. The predicted molar refractivity (Wildman–Crippen MR) is 73.6 cm³/mol. The van der Waals surface area contributed by atoms with Crippen molar-refractivity contribution in [2.24, 2.45) is 0 Å². The molecule has 1 atom stereocenters. The largest absolute Gasteiger partial charge is 0.385 e. The van der Waals surface area contributed by atoms with E-state index in [1.165, 1.54) is 11.8 Å². The average Bonchev–Trinajstić information content (AvgIpc) is 2.38. The number of carbonyl (C=O) groups excluding carboxylic acids is 1. The van der Waals surface area contributed by atoms with Crippen molar-refractivity contribution in [3.05, 3.63) is 34.5 Å². The van der Waals surface area contributed by atoms with E-state index in [0.29, 0.717) is 23.7 Å². The minimum atomic E-state index is -1.01. The maximum atomic E-state index is 10.8. The first-order chi connectivity index (χ1) is 8.59. The molecule has 2 rings (SSSR count). The second-order valence-electron chi connectivity index (χ2n) is 4.31. The fraction of sp³-hybridized carbons (Fsp3) is 0.385. The summed E-state index contributed by atoms with van der Waals surface area (Å²) in [5, 5.41) is 14.3. The molecule has 0 bridgehead atoms. The lowest BCUT2D eigenvalue weighted by atomic mass is 9.84. The highest BCUT2D eigenvalue weighted by atomic mass is 35.5. The van der Waals surface area contributed by atoms with Gasteiger partial charge in [0.05, 0.1) is 11.3 Å². The maximum absolute atomic E-state index is 10.8. The van der Waals surface area contributed by atoms with Crippen LogP contribution in [-0.2, 0) is 10.4 Å². The molecule has 18 heavy (non-hydrogen) atoms. The van der Waals surface area contributed by atoms with Crippen LogP contribution in [0.3, 0.4) is 0 Å². The molecule has 3 nitrogen and oxygen atoms in total. The van der Waals surface area contributed by atoms with E-state index in [-0.39, 0.29) is 6.42 Å². The Balaban J connectivity index is 2.43. The first-order valence-corrected chi connectivity index (χ1v) is 7.23. The Kier molecular flexibility index (Phi) is 4.03. The molecule has 1 unspecified atom stereocenters. The summed E-state index contributed by atoms with van der Waals surface area (Å²) in [7, 11) is 0. The standard InChI is InChI=1S/C13H14ClNO2S/c1-18-12-6-9(14)2-3-11(12)13(17)4-5-15-10(7-13)8-16/h2-3,6,15,17H,4-5,7H2,1H3. The molecule has 1 aromatic carbocycles. The molecular formula is C13H14ClNO2S. The molecule has 2 N–H and O–H groups in total. The summed E-state index contributed by atoms with van der Waals surface area (Å²) in [6.45, 7) is 0.567. The number of thioether (sulfide) groups is 1. The maximum Gasteiger partial charge on any atom is 0.145 e. The third-order valence-corrected chi connectivity index (χ3v) is 4.15. The molecular weight excluding hydrogens is 270 g/mol. The zero-order valence-corrected chi connectivity index (χ0v) is 11.6. The lowest BCUT2D eigenvalue weighted by Gasteiger charge is -2.34. The van der Waals surface area contributed by atoms with E-state index >= 15 is 0 Å². The molecule has 0 amide bonds. The Labute approximate surface area is 115 Å². The minimum absolute atomic E-state index is 0.270. The summed E-state index contributed by atoms with van der Waals surface area (Å²) in [5.74, 6) is 1.84. The number of hydrogen-bond acceptors (Lipinski definition) is 4. The summed E-state index contributed by atoms with van der Waals surface area (Å²) in [4.78, 5) is 11.7. The molecule has 0 aliphatic carbocycles. The number of benzene rings is 1. The molecule has 1 aliphatic heterocycles. The van der Waals surface area contributed by atoms with Crippen LogP contribution in [0.25, 0.3) is 0 Å². The van der Waals surface area contributed by atoms with Gasteiger partial charge in [-0.1, -0.05) is 17.7 Å². The van der Waals surface area contributed by atoms with Gasteiger partial charge in [0.25, 0.3) is 0 Å². The van der Waals surface area contributed by atoms with E-state index < -0.39 is 5.60 Å². The molecule has 1 heterocycles. The fourth-order valence-electron chi connectivity index (χ4n) is 2.22. The zero-order valence-electron chi connectivity index (χ0n) is 10.00. The van der Waals surface area contributed by atoms with Gasteiger partial charge in [0, 0.05) is 22.9 Å². The van der Waals surface area contributed by atoms with Crippen molar-refractivity contribution in [1.29, 1.82) is 0 Å². The van der Waals surface area contributed by atoms with E-state index in [1.807, 2.05) is 24.3 Å². The Morgan fingerprint density at radius 2 is 2.33 bits per heavy atom. The normalized spacial score (nSPS) is 23.4. The highest BCUT2D eigenvalue weighted by Gasteiger charge is 2.35. The Hall–Kier alpha value is -0.930. The second-order valence-corrected chi connectivity index (χ2v) is 5.59. The van der Waals surface area contributed by atoms with Crippen LogP contribution >= 0.6 is 23.4 Å². The van der Waals surface area contributed by atoms with Gasteiger partial charge in [0.2, 0.25) is 0 Å². The van der Waals surface area contributed by atoms with Crippen molar-refractivity contribution in [2.45, 2.75) is 23.3 Å². The SMILES string of the molecule is CSc1cc(Cl)ccc1C1(O)CCNC(=C=O)C1. The Morgan fingerprint density at radius 1 is 1.56 bits per heavy atom. The highest BCUT2D eigenvalue weighted by molar-refractivity contribution is 7.98. The molecule has 96 valence electrons. The number of rotatable bonds is 2. The van der Waals surface area contributed by atoms with E-state index in [1.54, 1.807) is 6.07 Å². The first kappa shape index (κ1) is 13.5. The molecule has 0 radical (unpaired) electrons. The molecule has 1 saturated heterocycles. The van der Waals surface area contributed by atoms with Crippen molar-refractivity contribution < 1.29 is 9.90 Å². The monoisotopic (exact) mass is 283 g/mol. The molecule has 0 saturated carbocycles. The lowest BCUT2D eigenvalue weighted by molar-refractivity contribution is 0.0147. The van der Waals surface area contributed by atoms with Crippen LogP contribution in [0.2, 0.25) is 5.02 Å². The van der Waals surface area contributed by atoms with E-state index in [4.69, 9.17) is 11.6 Å². The number of nitrogens with one attached hydrogen (secondary N) is 1. The summed E-state index contributed by atoms with van der Waals surface area (Å²) in [6, 6.07) is 5.44. The molecule has 0 spiro atoms. The van der Waals surface area contributed by atoms with Gasteiger partial charge in [-0.15, -0.1) is 11.8 Å². The minimum Gasteiger partial charge on any atom is -0.385 e. The van der Waals surface area contributed by atoms with Crippen molar-refractivity contribution >= 4 is 29.3 Å². The second kappa shape index (κ2) is 5.37. The van der Waals surface area contributed by atoms with Crippen LogP contribution < -0.4 is 5.32 Å². The summed E-state index contributed by atoms with van der Waals surface area (Å²) < 4.78 is 0. The van der Waals surface area contributed by atoms with Crippen molar-refractivity contribution in [1.82, 2.24) is 5.32 Å². The van der Waals surface area contributed by atoms with Crippen LogP contribution in [0, 0.1) is 0 Å². The van der Waals surface area contributed by atoms with Gasteiger partial charge < -0.3 is 10.4 Å². The summed E-state index contributed by atoms with van der Waals surface area (Å²) in [5.41, 5.74) is 0.236. The summed E-state index contributed by atoms with van der Waals surface area (Å²) >= 11 is 7.50. The van der Waals surface area contributed by atoms with Crippen LogP contribution in [-0.4, -0.2) is 23.8 Å². The predicted octanol–water partition coefficient (Wildman–Crippen LogP) is 2.35. The third kappa shape index (κ3) is 2.57. The van der Waals surface area contributed by atoms with Crippen molar-refractivity contribution in [2.75, 3.05) is 12.8 Å². The molecule has 1 aromatic rings. The number of aliphatic hydroxyl groups is 1. The Morgan fingerprint density at radius 3 is 3.00 bits per heavy atom. The smallest absolute Gasteiger partial charge is 0.145 e. The van der Waals surface area contributed by atoms with E-state index in [2.05, 4.69) is 5.32 Å². The highest BCUT2D eigenvalue weighted by Crippen LogP contribution is 2.39. The van der Waals surface area contributed by atoms with E-state index in [0.717, 1.165) is 10.5 Å². The number of piperidine rings is 1. The average molecular weight is 284 g/mol. The van der Waals surface area contributed by atoms with Gasteiger partial charge in [0.1, 0.15) is 5.94 Å². The summed E-state index contributed by atoms with van der Waals surface area (Å²) in [6.07, 6.45) is 2.77. The van der Waals surface area contributed by atoms with Gasteiger partial charge in [0.15, 0.2) is 0 Å².